The number of hydrogen-bond acceptors (Lipinski definition) is 3. The highest BCUT2D eigenvalue weighted by Crippen LogP contribution is 2.48. The normalized spacial score (nSPS) is 15.4. The Kier molecular flexibility index (Phi) is 6.09. The number of carbonyl (C=O) groups excluding carboxylic acids is 2. The highest BCUT2D eigenvalue weighted by Gasteiger charge is 2.31. The molecule has 0 atom stereocenters. The number of rotatable bonds is 3. The molecule has 5 rings (SSSR count). The van der Waals surface area contributed by atoms with Crippen molar-refractivity contribution < 1.29 is 9.59 Å². The minimum absolute atomic E-state index is 0.118. The maximum atomic E-state index is 13.9. The van der Waals surface area contributed by atoms with Crippen LogP contribution in [0.25, 0.3) is 0 Å². The van der Waals surface area contributed by atoms with Gasteiger partial charge in [0.2, 0.25) is 0 Å². The smallest absolute Gasteiger partial charge is 0.333 e. The summed E-state index contributed by atoms with van der Waals surface area (Å²) in [6.45, 7) is 0. The van der Waals surface area contributed by atoms with Crippen LogP contribution in [-0.4, -0.2) is 25.0 Å². The fraction of sp³-hybridized carbons (Fsp3) is 0.259. The van der Waals surface area contributed by atoms with Gasteiger partial charge in [-0.3, -0.25) is 14.6 Å². The van der Waals surface area contributed by atoms with E-state index < -0.39 is 0 Å². The predicted octanol–water partition coefficient (Wildman–Crippen LogP) is 6.61. The molecule has 33 heavy (non-hydrogen) atoms. The molecule has 1 saturated carbocycles. The van der Waals surface area contributed by atoms with Gasteiger partial charge in [-0.25, -0.2) is 4.79 Å². The lowest BCUT2D eigenvalue weighted by molar-refractivity contribution is 0.0928. The number of fused-ring (bicyclic) bond motifs is 2. The first-order chi connectivity index (χ1) is 16.1. The standard InChI is InChI=1S/C27H27N3O2S/c1-29(21-14-6-5-13-20(21)26(31)28-19-11-3-2-4-12-19)27(32)30-22-15-7-9-17-24(22)33-25-18-10-8-16-23(25)30/h5-10,13-19H,2-4,11-12H2,1H3,(H,28,31). The van der Waals surface area contributed by atoms with Gasteiger partial charge in [0, 0.05) is 22.9 Å². The lowest BCUT2D eigenvalue weighted by atomic mass is 9.95. The lowest BCUT2D eigenvalue weighted by Crippen LogP contribution is -2.41. The molecule has 2 aliphatic rings. The first-order valence-electron chi connectivity index (χ1n) is 11.5. The van der Waals surface area contributed by atoms with E-state index in [4.69, 9.17) is 0 Å². The summed E-state index contributed by atoms with van der Waals surface area (Å²) >= 11 is 1.66. The molecular weight excluding hydrogens is 430 g/mol. The summed E-state index contributed by atoms with van der Waals surface area (Å²) in [5.74, 6) is -0.118. The van der Waals surface area contributed by atoms with Crippen molar-refractivity contribution in [1.82, 2.24) is 5.32 Å². The molecule has 0 aromatic heterocycles. The second-order valence-electron chi connectivity index (χ2n) is 8.54. The molecule has 3 amide bonds. The van der Waals surface area contributed by atoms with Crippen LogP contribution < -0.4 is 15.1 Å². The third kappa shape index (κ3) is 4.23. The van der Waals surface area contributed by atoms with Crippen LogP contribution in [0.5, 0.6) is 0 Å². The van der Waals surface area contributed by atoms with Crippen LogP contribution in [-0.2, 0) is 0 Å². The fourth-order valence-electron chi connectivity index (χ4n) is 4.63. The van der Waals surface area contributed by atoms with Gasteiger partial charge in [-0.15, -0.1) is 0 Å². The quantitative estimate of drug-likeness (QED) is 0.482. The molecule has 0 bridgehead atoms. The van der Waals surface area contributed by atoms with Gasteiger partial charge in [-0.05, 0) is 49.2 Å². The van der Waals surface area contributed by atoms with Crippen LogP contribution in [0.2, 0.25) is 0 Å². The fourth-order valence-corrected chi connectivity index (χ4v) is 5.69. The van der Waals surface area contributed by atoms with Crippen molar-refractivity contribution in [1.29, 1.82) is 0 Å². The molecule has 1 aliphatic heterocycles. The zero-order valence-electron chi connectivity index (χ0n) is 18.7. The van der Waals surface area contributed by atoms with E-state index in [1.54, 1.807) is 34.7 Å². The Morgan fingerprint density at radius 1 is 0.848 bits per heavy atom. The monoisotopic (exact) mass is 457 g/mol. The number of urea groups is 1. The van der Waals surface area contributed by atoms with E-state index in [9.17, 15) is 9.59 Å². The molecule has 0 saturated heterocycles. The molecule has 0 radical (unpaired) electrons. The molecule has 1 fully saturated rings. The number of nitrogens with one attached hydrogen (secondary N) is 1. The Hall–Kier alpha value is -3.25. The average Bonchev–Trinajstić information content (AvgIpc) is 2.87. The van der Waals surface area contributed by atoms with E-state index in [0.29, 0.717) is 11.3 Å². The first kappa shape index (κ1) is 21.6. The number of carbonyl (C=O) groups is 2. The van der Waals surface area contributed by atoms with E-state index in [0.717, 1.165) is 46.8 Å². The van der Waals surface area contributed by atoms with Crippen LogP contribution in [0, 0.1) is 0 Å². The molecular formula is C27H27N3O2S. The van der Waals surface area contributed by atoms with Gasteiger partial charge >= 0.3 is 6.03 Å². The SMILES string of the molecule is CN(C(=O)N1c2ccccc2Sc2ccccc21)c1ccccc1C(=O)NC1CCCCC1. The molecule has 5 nitrogen and oxygen atoms in total. The molecule has 1 aliphatic carbocycles. The zero-order chi connectivity index (χ0) is 22.8. The van der Waals surface area contributed by atoms with Gasteiger partial charge in [-0.1, -0.05) is 67.4 Å². The van der Waals surface area contributed by atoms with Crippen LogP contribution in [0.1, 0.15) is 42.5 Å². The van der Waals surface area contributed by atoms with E-state index in [2.05, 4.69) is 5.32 Å². The molecule has 3 aromatic carbocycles. The van der Waals surface area contributed by atoms with Crippen molar-refractivity contribution in [3.63, 3.8) is 0 Å². The Morgan fingerprint density at radius 3 is 2.09 bits per heavy atom. The van der Waals surface area contributed by atoms with Crippen molar-refractivity contribution in [2.45, 2.75) is 47.9 Å². The first-order valence-corrected chi connectivity index (χ1v) is 12.3. The van der Waals surface area contributed by atoms with Gasteiger partial charge in [0.05, 0.1) is 22.6 Å². The van der Waals surface area contributed by atoms with Gasteiger partial charge in [0.1, 0.15) is 0 Å². The van der Waals surface area contributed by atoms with Crippen molar-refractivity contribution in [2.24, 2.45) is 0 Å². The van der Waals surface area contributed by atoms with Crippen LogP contribution in [0.4, 0.5) is 21.9 Å². The molecule has 0 spiro atoms. The lowest BCUT2D eigenvalue weighted by Gasteiger charge is -2.34. The summed E-state index contributed by atoms with van der Waals surface area (Å²) in [5.41, 5.74) is 2.82. The van der Waals surface area contributed by atoms with E-state index >= 15 is 0 Å². The van der Waals surface area contributed by atoms with Gasteiger partial charge in [-0.2, -0.15) is 0 Å². The molecule has 1 N–H and O–H groups in total. The number of nitrogens with zero attached hydrogens (tertiary/aromatic N) is 2. The summed E-state index contributed by atoms with van der Waals surface area (Å²) < 4.78 is 0. The highest BCUT2D eigenvalue weighted by atomic mass is 32.2. The Labute approximate surface area is 198 Å². The van der Waals surface area contributed by atoms with E-state index in [1.807, 2.05) is 66.7 Å². The molecule has 6 heteroatoms. The predicted molar refractivity (Wildman–Crippen MR) is 134 cm³/mol. The van der Waals surface area contributed by atoms with Crippen LogP contribution in [0.15, 0.2) is 82.6 Å². The minimum Gasteiger partial charge on any atom is -0.349 e. The van der Waals surface area contributed by atoms with Crippen molar-refractivity contribution in [3.05, 3.63) is 78.4 Å². The van der Waals surface area contributed by atoms with Crippen molar-refractivity contribution in [3.8, 4) is 0 Å². The maximum absolute atomic E-state index is 13.9. The Bertz CT molecular complexity index is 1140. The van der Waals surface area contributed by atoms with Crippen LogP contribution in [0.3, 0.4) is 0 Å². The number of amides is 3. The third-order valence-electron chi connectivity index (χ3n) is 6.36. The summed E-state index contributed by atoms with van der Waals surface area (Å²) in [6.07, 6.45) is 5.56. The van der Waals surface area contributed by atoms with Gasteiger partial charge < -0.3 is 5.32 Å². The van der Waals surface area contributed by atoms with Gasteiger partial charge in [0.15, 0.2) is 0 Å². The summed E-state index contributed by atoms with van der Waals surface area (Å²) in [6, 6.07) is 23.2. The maximum Gasteiger partial charge on any atom is 0.333 e. The number of benzene rings is 3. The topological polar surface area (TPSA) is 52.7 Å². The zero-order valence-corrected chi connectivity index (χ0v) is 19.5. The van der Waals surface area contributed by atoms with Crippen molar-refractivity contribution >= 4 is 40.8 Å². The molecule has 0 unspecified atom stereocenters. The summed E-state index contributed by atoms with van der Waals surface area (Å²) in [7, 11) is 1.74. The van der Waals surface area contributed by atoms with Crippen molar-refractivity contribution in [2.75, 3.05) is 16.8 Å². The molecule has 1 heterocycles. The number of hydrogen-bond donors (Lipinski definition) is 1. The second-order valence-corrected chi connectivity index (χ2v) is 9.62. The number of para-hydroxylation sites is 3. The second kappa shape index (κ2) is 9.32. The Morgan fingerprint density at radius 2 is 1.42 bits per heavy atom. The minimum atomic E-state index is -0.201. The van der Waals surface area contributed by atoms with Crippen LogP contribution >= 0.6 is 11.8 Å². The van der Waals surface area contributed by atoms with Gasteiger partial charge in [0.25, 0.3) is 5.91 Å². The Balaban J connectivity index is 1.47. The molecule has 3 aromatic rings. The van der Waals surface area contributed by atoms with E-state index in [-0.39, 0.29) is 18.0 Å². The van der Waals surface area contributed by atoms with E-state index in [1.165, 1.54) is 6.42 Å². The summed E-state index contributed by atoms with van der Waals surface area (Å²) in [5, 5.41) is 3.19. The average molecular weight is 458 g/mol. The summed E-state index contributed by atoms with van der Waals surface area (Å²) in [4.78, 5) is 32.5. The molecule has 168 valence electrons. The number of anilines is 3. The largest absolute Gasteiger partial charge is 0.349 e. The third-order valence-corrected chi connectivity index (χ3v) is 7.49. The highest BCUT2D eigenvalue weighted by molar-refractivity contribution is 7.99.